The lowest BCUT2D eigenvalue weighted by atomic mass is 9.88. The molecule has 3 rings (SSSR count). The smallest absolute Gasteiger partial charge is 0.293 e. The predicted octanol–water partition coefficient (Wildman–Crippen LogP) is 0.207. The molecule has 9 nitrogen and oxygen atoms in total. The van der Waals surface area contributed by atoms with E-state index in [-0.39, 0.29) is 35.1 Å². The number of piperazine rings is 1. The van der Waals surface area contributed by atoms with Gasteiger partial charge in [0.25, 0.3) is 5.56 Å². The van der Waals surface area contributed by atoms with Gasteiger partial charge in [0.1, 0.15) is 0 Å². The number of aromatic nitrogens is 2. The molecule has 3 heterocycles. The van der Waals surface area contributed by atoms with Crippen LogP contribution in [0.2, 0.25) is 0 Å². The van der Waals surface area contributed by atoms with E-state index in [1.54, 1.807) is 24.0 Å². The molecular formula is C19H34IN7O2. The Morgan fingerprint density at radius 3 is 2.52 bits per heavy atom. The summed E-state index contributed by atoms with van der Waals surface area (Å²) in [5, 5.41) is 3.58. The standard InChI is InChI=1S/C19H33N7O2.HI/c1-20-18(22-15-19(23(2)3)5-13-28-14-6-19)26-11-9-25(10-12-26)16-17(27)24(4)8-7-21-16;/h7-8H,5-6,9-15H2,1-4H3,(H,20,22);1H. The van der Waals surface area contributed by atoms with E-state index in [1.165, 1.54) is 0 Å². The number of guanidine groups is 1. The highest BCUT2D eigenvalue weighted by Gasteiger charge is 2.35. The second kappa shape index (κ2) is 10.6. The van der Waals surface area contributed by atoms with Crippen LogP contribution in [0.25, 0.3) is 0 Å². The Kier molecular flexibility index (Phi) is 8.71. The normalized spacial score (nSPS) is 19.8. The quantitative estimate of drug-likeness (QED) is 0.346. The fourth-order valence-electron chi connectivity index (χ4n) is 3.94. The number of aliphatic imine (C=N–C) groups is 1. The monoisotopic (exact) mass is 519 g/mol. The molecule has 164 valence electrons. The first-order valence-corrected chi connectivity index (χ1v) is 9.94. The van der Waals surface area contributed by atoms with E-state index in [2.05, 4.69) is 44.1 Å². The third kappa shape index (κ3) is 5.40. The van der Waals surface area contributed by atoms with Crippen LogP contribution < -0.4 is 15.8 Å². The number of likely N-dealkylation sites (N-methyl/N-ethyl adjacent to an activating group) is 1. The first-order chi connectivity index (χ1) is 13.5. The molecule has 10 heteroatoms. The average Bonchev–Trinajstić information content (AvgIpc) is 2.72. The van der Waals surface area contributed by atoms with Gasteiger partial charge < -0.3 is 29.3 Å². The van der Waals surface area contributed by atoms with E-state index in [4.69, 9.17) is 4.74 Å². The summed E-state index contributed by atoms with van der Waals surface area (Å²) in [6.45, 7) is 5.55. The molecule has 2 aliphatic heterocycles. The van der Waals surface area contributed by atoms with Crippen molar-refractivity contribution in [2.45, 2.75) is 18.4 Å². The van der Waals surface area contributed by atoms with E-state index in [0.29, 0.717) is 5.82 Å². The van der Waals surface area contributed by atoms with Crippen molar-refractivity contribution in [1.29, 1.82) is 0 Å². The van der Waals surface area contributed by atoms with Crippen LogP contribution in [0.5, 0.6) is 0 Å². The Bertz CT molecular complexity index is 738. The van der Waals surface area contributed by atoms with Crippen molar-refractivity contribution < 1.29 is 4.74 Å². The van der Waals surface area contributed by atoms with Crippen molar-refractivity contribution >= 4 is 35.8 Å². The molecule has 0 aromatic carbocycles. The van der Waals surface area contributed by atoms with Gasteiger partial charge in [-0.05, 0) is 26.9 Å². The van der Waals surface area contributed by atoms with Crippen LogP contribution in [0.1, 0.15) is 12.8 Å². The summed E-state index contributed by atoms with van der Waals surface area (Å²) in [6.07, 6.45) is 5.39. The van der Waals surface area contributed by atoms with Gasteiger partial charge >= 0.3 is 0 Å². The van der Waals surface area contributed by atoms with Crippen LogP contribution in [0.15, 0.2) is 22.2 Å². The van der Waals surface area contributed by atoms with Crippen LogP contribution in [-0.4, -0.2) is 97.9 Å². The van der Waals surface area contributed by atoms with Crippen LogP contribution in [-0.2, 0) is 11.8 Å². The Morgan fingerprint density at radius 1 is 1.28 bits per heavy atom. The zero-order valence-corrected chi connectivity index (χ0v) is 20.3. The van der Waals surface area contributed by atoms with Gasteiger partial charge in [0, 0.05) is 78.0 Å². The van der Waals surface area contributed by atoms with Gasteiger partial charge in [-0.25, -0.2) is 4.98 Å². The second-order valence-electron chi connectivity index (χ2n) is 7.77. The number of aryl methyl sites for hydroxylation is 1. The molecule has 0 amide bonds. The molecule has 0 bridgehead atoms. The summed E-state index contributed by atoms with van der Waals surface area (Å²) in [5.74, 6) is 1.45. The fourth-order valence-corrected chi connectivity index (χ4v) is 3.94. The minimum atomic E-state index is -0.0501. The molecule has 0 spiro atoms. The van der Waals surface area contributed by atoms with Gasteiger partial charge in [-0.3, -0.25) is 9.79 Å². The van der Waals surface area contributed by atoms with E-state index in [0.717, 1.165) is 64.7 Å². The zero-order valence-electron chi connectivity index (χ0n) is 17.9. The van der Waals surface area contributed by atoms with Crippen molar-refractivity contribution in [2.24, 2.45) is 12.0 Å². The van der Waals surface area contributed by atoms with E-state index in [9.17, 15) is 4.79 Å². The van der Waals surface area contributed by atoms with Gasteiger partial charge in [0.2, 0.25) is 0 Å². The summed E-state index contributed by atoms with van der Waals surface area (Å²) in [5.41, 5.74) is 0.0433. The first-order valence-electron chi connectivity index (χ1n) is 9.94. The number of anilines is 1. The number of rotatable bonds is 4. The van der Waals surface area contributed by atoms with Gasteiger partial charge in [-0.1, -0.05) is 0 Å². The fraction of sp³-hybridized carbons (Fsp3) is 0.737. The lowest BCUT2D eigenvalue weighted by Crippen LogP contribution is -2.59. The molecule has 0 radical (unpaired) electrons. The van der Waals surface area contributed by atoms with Crippen molar-refractivity contribution in [1.82, 2.24) is 24.7 Å². The van der Waals surface area contributed by atoms with Crippen molar-refractivity contribution in [3.63, 3.8) is 0 Å². The lowest BCUT2D eigenvalue weighted by molar-refractivity contribution is -0.00526. The molecule has 0 atom stereocenters. The highest BCUT2D eigenvalue weighted by Crippen LogP contribution is 2.25. The molecule has 2 fully saturated rings. The van der Waals surface area contributed by atoms with Gasteiger partial charge in [0.05, 0.1) is 0 Å². The predicted molar refractivity (Wildman–Crippen MR) is 127 cm³/mol. The summed E-state index contributed by atoms with van der Waals surface area (Å²) < 4.78 is 7.14. The molecule has 1 aromatic heterocycles. The Hall–Kier alpha value is -1.40. The number of halogens is 1. The number of ether oxygens (including phenoxy) is 1. The zero-order chi connectivity index (χ0) is 20.1. The SMILES string of the molecule is CN=C(NCC1(N(C)C)CCOCC1)N1CCN(c2nccn(C)c2=O)CC1.I. The molecule has 1 aromatic rings. The van der Waals surface area contributed by atoms with Crippen molar-refractivity contribution in [3.8, 4) is 0 Å². The maximum absolute atomic E-state index is 12.3. The molecule has 29 heavy (non-hydrogen) atoms. The van der Waals surface area contributed by atoms with Crippen molar-refractivity contribution in [3.05, 3.63) is 22.7 Å². The van der Waals surface area contributed by atoms with Crippen LogP contribution in [0.3, 0.4) is 0 Å². The van der Waals surface area contributed by atoms with E-state index >= 15 is 0 Å². The van der Waals surface area contributed by atoms with E-state index in [1.807, 2.05) is 7.05 Å². The summed E-state index contributed by atoms with van der Waals surface area (Å²) in [7, 11) is 7.87. The van der Waals surface area contributed by atoms with Gasteiger partial charge in [0.15, 0.2) is 11.8 Å². The minimum Gasteiger partial charge on any atom is -0.381 e. The first kappa shape index (κ1) is 23.9. The van der Waals surface area contributed by atoms with Gasteiger partial charge in [-0.15, -0.1) is 24.0 Å². The molecule has 2 saturated heterocycles. The number of hydrogen-bond acceptors (Lipinski definition) is 6. The number of hydrogen-bond donors (Lipinski definition) is 1. The van der Waals surface area contributed by atoms with Gasteiger partial charge in [-0.2, -0.15) is 0 Å². The highest BCUT2D eigenvalue weighted by atomic mass is 127. The summed E-state index contributed by atoms with van der Waals surface area (Å²) in [4.78, 5) is 27.7. The molecular weight excluding hydrogens is 485 g/mol. The number of nitrogens with zero attached hydrogens (tertiary/aromatic N) is 6. The molecule has 0 unspecified atom stereocenters. The van der Waals surface area contributed by atoms with Crippen LogP contribution in [0, 0.1) is 0 Å². The Morgan fingerprint density at radius 2 is 1.93 bits per heavy atom. The molecule has 0 aliphatic carbocycles. The van der Waals surface area contributed by atoms with Crippen LogP contribution in [0.4, 0.5) is 5.82 Å². The maximum Gasteiger partial charge on any atom is 0.293 e. The Labute approximate surface area is 190 Å². The largest absolute Gasteiger partial charge is 0.381 e. The van der Waals surface area contributed by atoms with E-state index < -0.39 is 0 Å². The van der Waals surface area contributed by atoms with Crippen LogP contribution >= 0.6 is 24.0 Å². The second-order valence-corrected chi connectivity index (χ2v) is 7.77. The third-order valence-electron chi connectivity index (χ3n) is 6.04. The molecule has 0 saturated carbocycles. The topological polar surface area (TPSA) is 78.2 Å². The Balaban J connectivity index is 0.00000300. The lowest BCUT2D eigenvalue weighted by Gasteiger charge is -2.44. The number of nitrogens with one attached hydrogen (secondary N) is 1. The molecule has 2 aliphatic rings. The maximum atomic E-state index is 12.3. The third-order valence-corrected chi connectivity index (χ3v) is 6.04. The average molecular weight is 519 g/mol. The molecule has 1 N–H and O–H groups in total. The van der Waals surface area contributed by atoms with Crippen molar-refractivity contribution in [2.75, 3.05) is 72.0 Å². The summed E-state index contributed by atoms with van der Waals surface area (Å²) >= 11 is 0. The summed E-state index contributed by atoms with van der Waals surface area (Å²) in [6, 6.07) is 0. The minimum absolute atomic E-state index is 0. The highest BCUT2D eigenvalue weighted by molar-refractivity contribution is 14.0.